The summed E-state index contributed by atoms with van der Waals surface area (Å²) in [4.78, 5) is 0. The van der Waals surface area contributed by atoms with Crippen LogP contribution in [0.5, 0.6) is 0 Å². The molecule has 0 heterocycles. The van der Waals surface area contributed by atoms with Crippen LogP contribution in [-0.4, -0.2) is 5.71 Å². The van der Waals surface area contributed by atoms with Gasteiger partial charge >= 0.3 is 0 Å². The highest BCUT2D eigenvalue weighted by atomic mass is 15.5. The Bertz CT molecular complexity index is 783. The third-order valence-corrected chi connectivity index (χ3v) is 4.18. The largest absolute Gasteiger partial charge is 0.233 e. The van der Waals surface area contributed by atoms with E-state index in [0.717, 1.165) is 29.9 Å². The summed E-state index contributed by atoms with van der Waals surface area (Å²) in [5.74, 6) is 0. The molecule has 4 rings (SSSR count). The van der Waals surface area contributed by atoms with E-state index >= 15 is 0 Å². The van der Waals surface area contributed by atoms with Gasteiger partial charge in [-0.1, -0.05) is 60.7 Å². The lowest BCUT2D eigenvalue weighted by molar-refractivity contribution is 1.04. The highest BCUT2D eigenvalue weighted by Gasteiger charge is 2.19. The van der Waals surface area contributed by atoms with Gasteiger partial charge in [-0.15, -0.1) is 0 Å². The van der Waals surface area contributed by atoms with Crippen LogP contribution in [0.3, 0.4) is 0 Å². The molecule has 0 aliphatic heterocycles. The number of benzene rings is 3. The summed E-state index contributed by atoms with van der Waals surface area (Å²) >= 11 is 0. The van der Waals surface area contributed by atoms with Crippen molar-refractivity contribution in [1.82, 2.24) is 0 Å². The van der Waals surface area contributed by atoms with Gasteiger partial charge < -0.3 is 0 Å². The standard InChI is InChI=1S/C21H18N2/c1-3-10-18(11-4-1)23(19-12-5-2-6-13-19)22-21-16-15-17-9-7-8-14-20(17)21/h1-14H,15-16H2/b22-21+. The molecule has 0 amide bonds. The van der Waals surface area contributed by atoms with Crippen LogP contribution in [0.2, 0.25) is 0 Å². The van der Waals surface area contributed by atoms with E-state index in [2.05, 4.69) is 48.5 Å². The zero-order valence-corrected chi connectivity index (χ0v) is 12.9. The van der Waals surface area contributed by atoms with Gasteiger partial charge in [0.25, 0.3) is 0 Å². The quantitative estimate of drug-likeness (QED) is 0.609. The van der Waals surface area contributed by atoms with Crippen molar-refractivity contribution in [1.29, 1.82) is 0 Å². The minimum absolute atomic E-state index is 0.996. The molecular weight excluding hydrogens is 280 g/mol. The summed E-state index contributed by atoms with van der Waals surface area (Å²) in [6.07, 6.45) is 2.07. The Kier molecular flexibility index (Phi) is 3.65. The molecule has 0 atom stereocenters. The van der Waals surface area contributed by atoms with E-state index in [1.165, 1.54) is 11.1 Å². The minimum Gasteiger partial charge on any atom is -0.233 e. The van der Waals surface area contributed by atoms with Gasteiger partial charge in [0.15, 0.2) is 0 Å². The van der Waals surface area contributed by atoms with Gasteiger partial charge in [0.2, 0.25) is 0 Å². The number of hydrazone groups is 1. The summed E-state index contributed by atoms with van der Waals surface area (Å²) in [5.41, 5.74) is 6.00. The van der Waals surface area contributed by atoms with Gasteiger partial charge in [0.05, 0.1) is 17.1 Å². The van der Waals surface area contributed by atoms with Crippen molar-refractivity contribution < 1.29 is 0 Å². The lowest BCUT2D eigenvalue weighted by Crippen LogP contribution is -2.12. The molecule has 0 fully saturated rings. The third-order valence-electron chi connectivity index (χ3n) is 4.18. The molecule has 112 valence electrons. The topological polar surface area (TPSA) is 15.6 Å². The molecule has 0 saturated heterocycles. The fourth-order valence-corrected chi connectivity index (χ4v) is 3.04. The van der Waals surface area contributed by atoms with Crippen LogP contribution >= 0.6 is 0 Å². The SMILES string of the molecule is c1ccc(N(/N=C2\CCc3ccccc32)c2ccccc2)cc1. The molecule has 0 radical (unpaired) electrons. The lowest BCUT2D eigenvalue weighted by atomic mass is 10.1. The average molecular weight is 298 g/mol. The predicted octanol–water partition coefficient (Wildman–Crippen LogP) is 5.18. The van der Waals surface area contributed by atoms with E-state index in [0.29, 0.717) is 0 Å². The Morgan fingerprint density at radius 1 is 0.609 bits per heavy atom. The van der Waals surface area contributed by atoms with Crippen molar-refractivity contribution >= 4 is 17.1 Å². The van der Waals surface area contributed by atoms with Crippen molar-refractivity contribution in [2.45, 2.75) is 12.8 Å². The molecule has 0 bridgehead atoms. The second kappa shape index (κ2) is 6.09. The molecule has 1 aliphatic carbocycles. The van der Waals surface area contributed by atoms with Gasteiger partial charge in [0, 0.05) is 5.56 Å². The number of para-hydroxylation sites is 2. The first-order valence-electron chi connectivity index (χ1n) is 7.98. The highest BCUT2D eigenvalue weighted by molar-refractivity contribution is 6.05. The molecule has 1 aliphatic rings. The van der Waals surface area contributed by atoms with Crippen molar-refractivity contribution in [3.05, 3.63) is 96.1 Å². The van der Waals surface area contributed by atoms with Gasteiger partial charge in [-0.05, 0) is 42.7 Å². The van der Waals surface area contributed by atoms with Gasteiger partial charge in [-0.3, -0.25) is 0 Å². The van der Waals surface area contributed by atoms with Crippen molar-refractivity contribution in [2.24, 2.45) is 5.10 Å². The van der Waals surface area contributed by atoms with Crippen LogP contribution in [0.15, 0.2) is 90.0 Å². The van der Waals surface area contributed by atoms with Gasteiger partial charge in [-0.2, -0.15) is 5.10 Å². The second-order valence-corrected chi connectivity index (χ2v) is 5.69. The Morgan fingerprint density at radius 2 is 1.17 bits per heavy atom. The van der Waals surface area contributed by atoms with E-state index in [1.807, 2.05) is 41.4 Å². The van der Waals surface area contributed by atoms with E-state index in [4.69, 9.17) is 5.10 Å². The number of fused-ring (bicyclic) bond motifs is 1. The first-order chi connectivity index (χ1) is 11.4. The number of aryl methyl sites for hydroxylation is 1. The second-order valence-electron chi connectivity index (χ2n) is 5.69. The van der Waals surface area contributed by atoms with E-state index in [-0.39, 0.29) is 0 Å². The van der Waals surface area contributed by atoms with Crippen LogP contribution in [0, 0.1) is 0 Å². The fourth-order valence-electron chi connectivity index (χ4n) is 3.04. The van der Waals surface area contributed by atoms with Crippen LogP contribution in [0.1, 0.15) is 17.5 Å². The maximum Gasteiger partial charge on any atom is 0.0692 e. The molecule has 2 heteroatoms. The van der Waals surface area contributed by atoms with Crippen LogP contribution < -0.4 is 5.01 Å². The van der Waals surface area contributed by atoms with Crippen LogP contribution in [0.4, 0.5) is 11.4 Å². The summed E-state index contributed by atoms with van der Waals surface area (Å²) in [6, 6.07) is 29.2. The first kappa shape index (κ1) is 13.8. The van der Waals surface area contributed by atoms with Crippen molar-refractivity contribution in [2.75, 3.05) is 5.01 Å². The summed E-state index contributed by atoms with van der Waals surface area (Å²) in [5, 5.41) is 7.05. The predicted molar refractivity (Wildman–Crippen MR) is 96.3 cm³/mol. The van der Waals surface area contributed by atoms with Crippen LogP contribution in [0.25, 0.3) is 0 Å². The number of nitrogens with zero attached hydrogens (tertiary/aromatic N) is 2. The molecule has 0 N–H and O–H groups in total. The molecule has 0 aromatic heterocycles. The van der Waals surface area contributed by atoms with E-state index < -0.39 is 0 Å². The molecule has 0 unspecified atom stereocenters. The number of hydrogen-bond acceptors (Lipinski definition) is 2. The normalized spacial score (nSPS) is 14.7. The summed E-state index contributed by atoms with van der Waals surface area (Å²) < 4.78 is 0. The zero-order chi connectivity index (χ0) is 15.5. The Balaban J connectivity index is 1.80. The zero-order valence-electron chi connectivity index (χ0n) is 12.9. The first-order valence-corrected chi connectivity index (χ1v) is 7.98. The van der Waals surface area contributed by atoms with Crippen molar-refractivity contribution in [3.63, 3.8) is 0 Å². The molecule has 0 spiro atoms. The molecule has 2 nitrogen and oxygen atoms in total. The summed E-state index contributed by atoms with van der Waals surface area (Å²) in [6.45, 7) is 0. The summed E-state index contributed by atoms with van der Waals surface area (Å²) in [7, 11) is 0. The Labute approximate surface area is 136 Å². The van der Waals surface area contributed by atoms with Crippen LogP contribution in [-0.2, 0) is 6.42 Å². The number of hydrogen-bond donors (Lipinski definition) is 0. The maximum atomic E-state index is 5.01. The minimum atomic E-state index is 0.996. The number of anilines is 2. The molecule has 23 heavy (non-hydrogen) atoms. The van der Waals surface area contributed by atoms with E-state index in [9.17, 15) is 0 Å². The average Bonchev–Trinajstić information content (AvgIpc) is 3.04. The molecule has 0 saturated carbocycles. The Hall–Kier alpha value is -2.87. The number of rotatable bonds is 3. The maximum absolute atomic E-state index is 5.01. The monoisotopic (exact) mass is 298 g/mol. The highest BCUT2D eigenvalue weighted by Crippen LogP contribution is 2.29. The van der Waals surface area contributed by atoms with Gasteiger partial charge in [-0.25, -0.2) is 5.01 Å². The molecule has 3 aromatic carbocycles. The lowest BCUT2D eigenvalue weighted by Gasteiger charge is -2.20. The smallest absolute Gasteiger partial charge is 0.0692 e. The third kappa shape index (κ3) is 2.76. The fraction of sp³-hybridized carbons (Fsp3) is 0.0952. The van der Waals surface area contributed by atoms with Crippen molar-refractivity contribution in [3.8, 4) is 0 Å². The molecule has 3 aromatic rings. The van der Waals surface area contributed by atoms with Gasteiger partial charge in [0.1, 0.15) is 0 Å². The Morgan fingerprint density at radius 3 is 1.83 bits per heavy atom. The molecular formula is C21H18N2. The van der Waals surface area contributed by atoms with E-state index in [1.54, 1.807) is 0 Å².